The fraction of sp³-hybridized carbons (Fsp3) is 0.526. The third-order valence-corrected chi connectivity index (χ3v) is 5.40. The van der Waals surface area contributed by atoms with E-state index < -0.39 is 11.2 Å². The Morgan fingerprint density at radius 3 is 2.47 bits per heavy atom. The molecule has 0 aliphatic rings. The number of amides is 1. The molecule has 1 amide bonds. The second-order valence-corrected chi connectivity index (χ2v) is 7.57. The summed E-state index contributed by atoms with van der Waals surface area (Å²) in [6.45, 7) is 5.94. The van der Waals surface area contributed by atoms with Crippen LogP contribution in [0.1, 0.15) is 44.4 Å². The summed E-state index contributed by atoms with van der Waals surface area (Å²) in [5, 5.41) is 0.511. The van der Waals surface area contributed by atoms with Gasteiger partial charge in [-0.1, -0.05) is 25.1 Å². The molecule has 0 fully saturated rings. The minimum Gasteiger partial charge on any atom is -0.383 e. The van der Waals surface area contributed by atoms with Gasteiger partial charge in [-0.15, -0.1) is 0 Å². The average Bonchev–Trinajstić information content (AvgIpc) is 2.69. The molecule has 0 aliphatic heterocycles. The van der Waals surface area contributed by atoms with E-state index in [-0.39, 0.29) is 42.4 Å². The minimum absolute atomic E-state index is 0.00891. The molecule has 11 heteroatoms. The van der Waals surface area contributed by atoms with Crippen molar-refractivity contribution < 1.29 is 4.79 Å². The molecule has 0 atom stereocenters. The van der Waals surface area contributed by atoms with Gasteiger partial charge in [-0.25, -0.2) is 9.78 Å². The fourth-order valence-electron chi connectivity index (χ4n) is 3.18. The summed E-state index contributed by atoms with van der Waals surface area (Å²) < 4.78 is 1.27. The molecular formula is C19H28N6O4S. The van der Waals surface area contributed by atoms with Gasteiger partial charge in [0.15, 0.2) is 10.8 Å². The zero-order valence-corrected chi connectivity index (χ0v) is 18.5. The van der Waals surface area contributed by atoms with Crippen LogP contribution in [0.25, 0.3) is 0 Å². The molecule has 10 nitrogen and oxygen atoms in total. The Morgan fingerprint density at radius 2 is 1.90 bits per heavy atom. The number of nitrogens with one attached hydrogen (secondary N) is 2. The topological polar surface area (TPSA) is 147 Å². The van der Waals surface area contributed by atoms with Gasteiger partial charge in [-0.05, 0) is 32.9 Å². The van der Waals surface area contributed by atoms with Crippen LogP contribution in [0.15, 0.2) is 19.5 Å². The van der Waals surface area contributed by atoms with Crippen LogP contribution in [0.3, 0.4) is 0 Å². The number of carbonyl (C=O) groups is 1. The van der Waals surface area contributed by atoms with E-state index in [2.05, 4.69) is 15.0 Å². The second-order valence-electron chi connectivity index (χ2n) is 6.78. The number of hydrogen-bond donors (Lipinski definition) is 3. The summed E-state index contributed by atoms with van der Waals surface area (Å²) in [5.41, 5.74) is 5.46. The van der Waals surface area contributed by atoms with Crippen molar-refractivity contribution in [3.8, 4) is 0 Å². The monoisotopic (exact) mass is 436 g/mol. The number of H-pyrrole nitrogens is 2. The highest BCUT2D eigenvalue weighted by molar-refractivity contribution is 7.98. The van der Waals surface area contributed by atoms with Crippen LogP contribution in [-0.2, 0) is 17.8 Å². The molecule has 0 saturated carbocycles. The van der Waals surface area contributed by atoms with Gasteiger partial charge in [0, 0.05) is 30.8 Å². The van der Waals surface area contributed by atoms with Gasteiger partial charge in [0.05, 0.1) is 0 Å². The summed E-state index contributed by atoms with van der Waals surface area (Å²) >= 11 is 1.33. The highest BCUT2D eigenvalue weighted by atomic mass is 32.2. The van der Waals surface area contributed by atoms with Crippen molar-refractivity contribution in [2.24, 2.45) is 0 Å². The van der Waals surface area contributed by atoms with Crippen molar-refractivity contribution >= 4 is 29.2 Å². The largest absolute Gasteiger partial charge is 0.383 e. The third kappa shape index (κ3) is 5.02. The lowest BCUT2D eigenvalue weighted by molar-refractivity contribution is -0.118. The highest BCUT2D eigenvalue weighted by Gasteiger charge is 2.23. The van der Waals surface area contributed by atoms with E-state index in [0.717, 1.165) is 6.42 Å². The lowest BCUT2D eigenvalue weighted by atomic mass is 10.1. The number of nitrogens with two attached hydrogens (primary N) is 1. The molecule has 0 aromatic carbocycles. The molecule has 0 aliphatic carbocycles. The van der Waals surface area contributed by atoms with Crippen molar-refractivity contribution in [2.75, 3.05) is 23.4 Å². The number of anilines is 2. The Balaban J connectivity index is 2.33. The lowest BCUT2D eigenvalue weighted by Gasteiger charge is -2.23. The van der Waals surface area contributed by atoms with Crippen molar-refractivity contribution in [1.82, 2.24) is 19.5 Å². The number of nitrogens with zero attached hydrogens (tertiary/aromatic N) is 3. The predicted molar refractivity (Wildman–Crippen MR) is 118 cm³/mol. The van der Waals surface area contributed by atoms with Crippen LogP contribution in [-0.4, -0.2) is 38.2 Å². The maximum Gasteiger partial charge on any atom is 0.330 e. The average molecular weight is 437 g/mol. The number of rotatable bonds is 9. The maximum atomic E-state index is 12.9. The van der Waals surface area contributed by atoms with E-state index in [1.807, 2.05) is 13.2 Å². The normalized spacial score (nSPS) is 10.9. The minimum atomic E-state index is -0.708. The summed E-state index contributed by atoms with van der Waals surface area (Å²) in [6, 6.07) is 0. The standard InChI is InChI=1S/C19H28N6O4S/c1-5-7-10-25-15(20)14(17(28)23-19(25)29)24(6-2)13(26)9-8-12-11(3)21-18(30-4)22-16(12)27/h5-10,20H2,1-4H3,(H,21,22,27)(H,23,28,29). The fourth-order valence-corrected chi connectivity index (χ4v) is 3.60. The Labute approximate surface area is 177 Å². The first kappa shape index (κ1) is 23.5. The molecule has 0 bridgehead atoms. The predicted octanol–water partition coefficient (Wildman–Crippen LogP) is 1.02. The van der Waals surface area contributed by atoms with E-state index in [0.29, 0.717) is 29.4 Å². The molecule has 2 aromatic heterocycles. The third-order valence-electron chi connectivity index (χ3n) is 4.82. The van der Waals surface area contributed by atoms with Gasteiger partial charge >= 0.3 is 5.69 Å². The van der Waals surface area contributed by atoms with Crippen LogP contribution in [0.4, 0.5) is 11.5 Å². The Bertz CT molecular complexity index is 1090. The Hall–Kier alpha value is -2.82. The summed E-state index contributed by atoms with van der Waals surface area (Å²) in [7, 11) is 0. The van der Waals surface area contributed by atoms with Crippen LogP contribution in [0.5, 0.6) is 0 Å². The van der Waals surface area contributed by atoms with E-state index in [4.69, 9.17) is 5.73 Å². The molecule has 0 saturated heterocycles. The molecular weight excluding hydrogens is 408 g/mol. The van der Waals surface area contributed by atoms with Gasteiger partial charge in [0.1, 0.15) is 5.82 Å². The van der Waals surface area contributed by atoms with E-state index >= 15 is 0 Å². The SMILES string of the molecule is CCCCn1c(N)c(N(CC)C(=O)CCc2c(C)nc(SC)[nH]c2=O)c(=O)[nH]c1=O. The maximum absolute atomic E-state index is 12.9. The molecule has 0 spiro atoms. The van der Waals surface area contributed by atoms with E-state index in [1.165, 1.54) is 21.2 Å². The smallest absolute Gasteiger partial charge is 0.330 e. The molecule has 0 radical (unpaired) electrons. The zero-order valence-electron chi connectivity index (χ0n) is 17.7. The number of aromatic nitrogens is 4. The molecule has 0 unspecified atom stereocenters. The quantitative estimate of drug-likeness (QED) is 0.393. The number of unbranched alkanes of at least 4 members (excludes halogenated alkanes) is 1. The zero-order chi connectivity index (χ0) is 22.4. The van der Waals surface area contributed by atoms with Crippen LogP contribution in [0.2, 0.25) is 0 Å². The first-order chi connectivity index (χ1) is 14.2. The van der Waals surface area contributed by atoms with Crippen molar-refractivity contribution in [3.63, 3.8) is 0 Å². The van der Waals surface area contributed by atoms with Crippen LogP contribution in [0, 0.1) is 6.92 Å². The second kappa shape index (κ2) is 10.3. The molecule has 164 valence electrons. The van der Waals surface area contributed by atoms with E-state index in [1.54, 1.807) is 13.8 Å². The Morgan fingerprint density at radius 1 is 1.20 bits per heavy atom. The number of aromatic amines is 2. The van der Waals surface area contributed by atoms with Crippen LogP contribution >= 0.6 is 11.8 Å². The highest BCUT2D eigenvalue weighted by Crippen LogP contribution is 2.19. The van der Waals surface area contributed by atoms with Crippen molar-refractivity contribution in [1.29, 1.82) is 0 Å². The van der Waals surface area contributed by atoms with Gasteiger partial charge in [-0.2, -0.15) is 0 Å². The number of carbonyl (C=O) groups excluding carboxylic acids is 1. The summed E-state index contributed by atoms with van der Waals surface area (Å²) in [5.74, 6) is -0.407. The first-order valence-corrected chi connectivity index (χ1v) is 11.0. The van der Waals surface area contributed by atoms with Gasteiger partial charge in [-0.3, -0.25) is 23.9 Å². The number of aryl methyl sites for hydroxylation is 1. The molecule has 2 rings (SSSR count). The van der Waals surface area contributed by atoms with Gasteiger partial charge < -0.3 is 15.6 Å². The van der Waals surface area contributed by atoms with Gasteiger partial charge in [0.25, 0.3) is 11.1 Å². The first-order valence-electron chi connectivity index (χ1n) is 9.81. The van der Waals surface area contributed by atoms with Gasteiger partial charge in [0.2, 0.25) is 5.91 Å². The number of thioether (sulfide) groups is 1. The van der Waals surface area contributed by atoms with Crippen molar-refractivity contribution in [2.45, 2.75) is 58.2 Å². The molecule has 30 heavy (non-hydrogen) atoms. The molecule has 4 N–H and O–H groups in total. The summed E-state index contributed by atoms with van der Waals surface area (Å²) in [4.78, 5) is 60.2. The summed E-state index contributed by atoms with van der Waals surface area (Å²) in [6.07, 6.45) is 3.52. The Kier molecular flexibility index (Phi) is 8.04. The number of nitrogen functional groups attached to an aromatic ring is 1. The van der Waals surface area contributed by atoms with Crippen molar-refractivity contribution in [3.05, 3.63) is 42.4 Å². The lowest BCUT2D eigenvalue weighted by Crippen LogP contribution is -2.41. The van der Waals surface area contributed by atoms with E-state index in [9.17, 15) is 19.2 Å². The molecule has 2 heterocycles. The molecule has 2 aromatic rings. The van der Waals surface area contributed by atoms with Crippen LogP contribution < -0.4 is 27.4 Å². The number of hydrogen-bond acceptors (Lipinski definition) is 7.